The number of anilines is 2. The van der Waals surface area contributed by atoms with Crippen LogP contribution >= 0.6 is 11.3 Å². The summed E-state index contributed by atoms with van der Waals surface area (Å²) >= 11 is 1.52. The third-order valence-electron chi connectivity index (χ3n) is 1.97. The van der Waals surface area contributed by atoms with Crippen molar-refractivity contribution in [3.63, 3.8) is 0 Å². The van der Waals surface area contributed by atoms with Gasteiger partial charge in [-0.25, -0.2) is 4.98 Å². The van der Waals surface area contributed by atoms with Crippen molar-refractivity contribution in [3.05, 3.63) is 35.3 Å². The van der Waals surface area contributed by atoms with E-state index in [0.717, 1.165) is 10.7 Å². The Balaban J connectivity index is 2.07. The van der Waals surface area contributed by atoms with Crippen molar-refractivity contribution < 1.29 is 5.11 Å². The van der Waals surface area contributed by atoms with Gasteiger partial charge in [0.05, 0.1) is 0 Å². The van der Waals surface area contributed by atoms with E-state index in [9.17, 15) is 5.11 Å². The summed E-state index contributed by atoms with van der Waals surface area (Å²) < 4.78 is 0. The van der Waals surface area contributed by atoms with Crippen molar-refractivity contribution in [3.8, 4) is 5.75 Å². The Bertz CT molecular complexity index is 442. The number of thiazole rings is 1. The maximum Gasteiger partial charge on any atom is 0.182 e. The van der Waals surface area contributed by atoms with Crippen LogP contribution in [0.15, 0.2) is 29.8 Å². The zero-order chi connectivity index (χ0) is 10.7. The van der Waals surface area contributed by atoms with E-state index in [4.69, 9.17) is 5.73 Å². The maximum atomic E-state index is 9.55. The molecule has 0 aliphatic heterocycles. The Kier molecular flexibility index (Phi) is 2.73. The normalized spacial score (nSPS) is 10.1. The van der Waals surface area contributed by atoms with E-state index in [-0.39, 0.29) is 5.75 Å². The molecule has 0 fully saturated rings. The second-order valence-electron chi connectivity index (χ2n) is 3.08. The van der Waals surface area contributed by atoms with Crippen LogP contribution < -0.4 is 11.1 Å². The highest BCUT2D eigenvalue weighted by molar-refractivity contribution is 7.13. The molecule has 5 heteroatoms. The van der Waals surface area contributed by atoms with Gasteiger partial charge >= 0.3 is 0 Å². The summed E-state index contributed by atoms with van der Waals surface area (Å²) in [5, 5.41) is 15.4. The van der Waals surface area contributed by atoms with E-state index >= 15 is 0 Å². The number of phenols is 1. The van der Waals surface area contributed by atoms with E-state index in [1.165, 1.54) is 11.3 Å². The predicted molar refractivity (Wildman–Crippen MR) is 62.0 cm³/mol. The van der Waals surface area contributed by atoms with Gasteiger partial charge in [-0.05, 0) is 18.2 Å². The van der Waals surface area contributed by atoms with Crippen molar-refractivity contribution >= 4 is 22.2 Å². The van der Waals surface area contributed by atoms with Gasteiger partial charge in [0.2, 0.25) is 0 Å². The minimum absolute atomic E-state index is 0.244. The molecule has 0 saturated carbocycles. The monoisotopic (exact) mass is 221 g/mol. The quantitative estimate of drug-likeness (QED) is 0.548. The summed E-state index contributed by atoms with van der Waals surface area (Å²) in [6.45, 7) is 0.518. The Morgan fingerprint density at radius 2 is 2.33 bits per heavy atom. The van der Waals surface area contributed by atoms with Crippen LogP contribution in [0.5, 0.6) is 5.75 Å². The lowest BCUT2D eigenvalue weighted by molar-refractivity contribution is 0.469. The first kappa shape index (κ1) is 9.79. The Morgan fingerprint density at radius 1 is 1.47 bits per heavy atom. The number of hydrogen-bond donors (Lipinski definition) is 3. The highest BCUT2D eigenvalue weighted by Crippen LogP contribution is 2.21. The molecule has 0 spiro atoms. The SMILES string of the molecule is Nc1ccc(O)c(CNc2nccs2)c1. The molecular formula is C10H11N3OS. The standard InChI is InChI=1S/C10H11N3OS/c11-8-1-2-9(14)7(5-8)6-13-10-12-3-4-15-10/h1-5,14H,6,11H2,(H,12,13). The minimum Gasteiger partial charge on any atom is -0.508 e. The van der Waals surface area contributed by atoms with Crippen molar-refractivity contribution in [2.75, 3.05) is 11.1 Å². The molecule has 15 heavy (non-hydrogen) atoms. The van der Waals surface area contributed by atoms with Crippen LogP contribution in [0, 0.1) is 0 Å². The molecule has 1 heterocycles. The number of rotatable bonds is 3. The molecule has 2 aromatic rings. The fourth-order valence-corrected chi connectivity index (χ4v) is 1.76. The molecule has 0 radical (unpaired) electrons. The van der Waals surface area contributed by atoms with Crippen LogP contribution in [0.1, 0.15) is 5.56 Å². The van der Waals surface area contributed by atoms with Gasteiger partial charge in [-0.2, -0.15) is 0 Å². The minimum atomic E-state index is 0.244. The summed E-state index contributed by atoms with van der Waals surface area (Å²) in [7, 11) is 0. The zero-order valence-corrected chi connectivity index (χ0v) is 8.79. The summed E-state index contributed by atoms with van der Waals surface area (Å²) in [6.07, 6.45) is 1.73. The second-order valence-corrected chi connectivity index (χ2v) is 3.97. The number of aromatic hydroxyl groups is 1. The van der Waals surface area contributed by atoms with E-state index in [2.05, 4.69) is 10.3 Å². The first-order chi connectivity index (χ1) is 7.25. The number of aromatic nitrogens is 1. The summed E-state index contributed by atoms with van der Waals surface area (Å²) in [5.74, 6) is 0.244. The molecule has 4 nitrogen and oxygen atoms in total. The number of benzene rings is 1. The fraction of sp³-hybridized carbons (Fsp3) is 0.100. The van der Waals surface area contributed by atoms with E-state index in [0.29, 0.717) is 12.2 Å². The van der Waals surface area contributed by atoms with Gasteiger partial charge in [0.1, 0.15) is 5.75 Å². The van der Waals surface area contributed by atoms with Crippen molar-refractivity contribution in [2.24, 2.45) is 0 Å². The lowest BCUT2D eigenvalue weighted by Gasteiger charge is -2.06. The third-order valence-corrected chi connectivity index (χ3v) is 2.70. The summed E-state index contributed by atoms with van der Waals surface area (Å²) in [6, 6.07) is 5.01. The number of nitrogen functional groups attached to an aromatic ring is 1. The molecule has 1 aromatic heterocycles. The highest BCUT2D eigenvalue weighted by Gasteiger charge is 2.02. The van der Waals surface area contributed by atoms with E-state index in [1.807, 2.05) is 5.38 Å². The van der Waals surface area contributed by atoms with Gasteiger partial charge < -0.3 is 16.2 Å². The second kappa shape index (κ2) is 4.18. The van der Waals surface area contributed by atoms with Crippen molar-refractivity contribution in [1.82, 2.24) is 4.98 Å². The molecule has 0 aliphatic rings. The largest absolute Gasteiger partial charge is 0.508 e. The molecule has 2 rings (SSSR count). The van der Waals surface area contributed by atoms with E-state index in [1.54, 1.807) is 24.4 Å². The van der Waals surface area contributed by atoms with Crippen LogP contribution in [0.25, 0.3) is 0 Å². The number of nitrogens with one attached hydrogen (secondary N) is 1. The molecule has 0 amide bonds. The predicted octanol–water partition coefficient (Wildman–Crippen LogP) is 2.04. The molecule has 78 valence electrons. The average molecular weight is 221 g/mol. The molecule has 0 aliphatic carbocycles. The smallest absolute Gasteiger partial charge is 0.182 e. The van der Waals surface area contributed by atoms with Crippen molar-refractivity contribution in [1.29, 1.82) is 0 Å². The topological polar surface area (TPSA) is 71.2 Å². The van der Waals surface area contributed by atoms with E-state index < -0.39 is 0 Å². The maximum absolute atomic E-state index is 9.55. The first-order valence-corrected chi connectivity index (χ1v) is 5.34. The zero-order valence-electron chi connectivity index (χ0n) is 7.97. The average Bonchev–Trinajstić information content (AvgIpc) is 2.72. The Hall–Kier alpha value is -1.75. The lowest BCUT2D eigenvalue weighted by atomic mass is 10.2. The number of nitrogens with zero attached hydrogens (tertiary/aromatic N) is 1. The van der Waals surface area contributed by atoms with Crippen LogP contribution in [-0.2, 0) is 6.54 Å². The summed E-state index contributed by atoms with van der Waals surface area (Å²) in [4.78, 5) is 4.08. The molecule has 0 unspecified atom stereocenters. The molecular weight excluding hydrogens is 210 g/mol. The molecule has 1 aromatic carbocycles. The third kappa shape index (κ3) is 2.38. The lowest BCUT2D eigenvalue weighted by Crippen LogP contribution is -2.00. The van der Waals surface area contributed by atoms with Crippen molar-refractivity contribution in [2.45, 2.75) is 6.54 Å². The molecule has 0 bridgehead atoms. The number of hydrogen-bond acceptors (Lipinski definition) is 5. The van der Waals surface area contributed by atoms with Gasteiger partial charge in [0.25, 0.3) is 0 Å². The Morgan fingerprint density at radius 3 is 3.07 bits per heavy atom. The highest BCUT2D eigenvalue weighted by atomic mass is 32.1. The Labute approximate surface area is 91.4 Å². The van der Waals surface area contributed by atoms with Gasteiger partial charge in [-0.15, -0.1) is 11.3 Å². The van der Waals surface area contributed by atoms with Gasteiger partial charge in [0.15, 0.2) is 5.13 Å². The van der Waals surface area contributed by atoms with Gasteiger partial charge in [-0.1, -0.05) is 0 Å². The number of nitrogens with two attached hydrogens (primary N) is 1. The summed E-state index contributed by atoms with van der Waals surface area (Å²) in [5.41, 5.74) is 7.04. The molecule has 0 saturated heterocycles. The number of phenolic OH excluding ortho intramolecular Hbond substituents is 1. The van der Waals surface area contributed by atoms with Crippen LogP contribution in [-0.4, -0.2) is 10.1 Å². The molecule has 4 N–H and O–H groups in total. The first-order valence-electron chi connectivity index (χ1n) is 4.46. The van der Waals surface area contributed by atoms with Gasteiger partial charge in [0, 0.05) is 29.4 Å². The van der Waals surface area contributed by atoms with Crippen LogP contribution in [0.2, 0.25) is 0 Å². The molecule has 0 atom stereocenters. The van der Waals surface area contributed by atoms with Crippen LogP contribution in [0.4, 0.5) is 10.8 Å². The van der Waals surface area contributed by atoms with Gasteiger partial charge in [-0.3, -0.25) is 0 Å². The van der Waals surface area contributed by atoms with Crippen LogP contribution in [0.3, 0.4) is 0 Å². The fourth-order valence-electron chi connectivity index (χ4n) is 1.23.